The minimum Gasteiger partial charge on any atom is -0.491 e. The lowest BCUT2D eigenvalue weighted by atomic mass is 10.3. The molecule has 0 aliphatic heterocycles. The zero-order chi connectivity index (χ0) is 13.8. The quantitative estimate of drug-likeness (QED) is 0.886. The Kier molecular flexibility index (Phi) is 3.69. The van der Waals surface area contributed by atoms with Crippen LogP contribution in [0, 0.1) is 11.6 Å². The van der Waals surface area contributed by atoms with Gasteiger partial charge in [0.25, 0.3) is 0 Å². The SMILES string of the molecule is O=C(O)c1cn(CCOc2cc(F)cc(F)c2)nn1. The van der Waals surface area contributed by atoms with Gasteiger partial charge in [0.05, 0.1) is 12.7 Å². The smallest absolute Gasteiger partial charge is 0.358 e. The lowest BCUT2D eigenvalue weighted by Crippen LogP contribution is -2.09. The molecule has 0 unspecified atom stereocenters. The van der Waals surface area contributed by atoms with Gasteiger partial charge in [0.2, 0.25) is 0 Å². The van der Waals surface area contributed by atoms with Crippen LogP contribution in [0.4, 0.5) is 8.78 Å². The highest BCUT2D eigenvalue weighted by Gasteiger charge is 2.08. The maximum absolute atomic E-state index is 12.9. The number of aromatic nitrogens is 3. The van der Waals surface area contributed by atoms with Crippen LogP contribution in [0.5, 0.6) is 5.75 Å². The van der Waals surface area contributed by atoms with Crippen LogP contribution in [-0.4, -0.2) is 32.7 Å². The first-order chi connectivity index (χ1) is 9.04. The van der Waals surface area contributed by atoms with E-state index in [1.165, 1.54) is 10.9 Å². The van der Waals surface area contributed by atoms with Crippen molar-refractivity contribution in [3.63, 3.8) is 0 Å². The van der Waals surface area contributed by atoms with Gasteiger partial charge < -0.3 is 9.84 Å². The van der Waals surface area contributed by atoms with Crippen LogP contribution in [0.2, 0.25) is 0 Å². The van der Waals surface area contributed by atoms with Crippen molar-refractivity contribution in [2.45, 2.75) is 6.54 Å². The van der Waals surface area contributed by atoms with Crippen molar-refractivity contribution in [3.8, 4) is 5.75 Å². The Labute approximate surface area is 106 Å². The largest absolute Gasteiger partial charge is 0.491 e. The minimum absolute atomic E-state index is 0.0519. The summed E-state index contributed by atoms with van der Waals surface area (Å²) in [5.41, 5.74) is -0.184. The topological polar surface area (TPSA) is 77.2 Å². The second-order valence-corrected chi connectivity index (χ2v) is 3.63. The van der Waals surface area contributed by atoms with Crippen LogP contribution < -0.4 is 4.74 Å². The molecule has 0 atom stereocenters. The molecule has 2 rings (SSSR count). The van der Waals surface area contributed by atoms with E-state index in [2.05, 4.69) is 10.3 Å². The van der Waals surface area contributed by atoms with Gasteiger partial charge >= 0.3 is 5.97 Å². The normalized spacial score (nSPS) is 10.4. The molecular weight excluding hydrogens is 260 g/mol. The number of ether oxygens (including phenoxy) is 1. The highest BCUT2D eigenvalue weighted by Crippen LogP contribution is 2.15. The fourth-order valence-corrected chi connectivity index (χ4v) is 1.37. The molecule has 1 aromatic carbocycles. The van der Waals surface area contributed by atoms with Crippen LogP contribution in [0.1, 0.15) is 10.5 Å². The van der Waals surface area contributed by atoms with Crippen molar-refractivity contribution in [1.82, 2.24) is 15.0 Å². The van der Waals surface area contributed by atoms with Crippen LogP contribution >= 0.6 is 0 Å². The van der Waals surface area contributed by atoms with Gasteiger partial charge in [-0.3, -0.25) is 0 Å². The highest BCUT2D eigenvalue weighted by molar-refractivity contribution is 5.84. The molecule has 0 amide bonds. The summed E-state index contributed by atoms with van der Waals surface area (Å²) in [7, 11) is 0. The van der Waals surface area contributed by atoms with E-state index in [4.69, 9.17) is 9.84 Å². The van der Waals surface area contributed by atoms with Crippen molar-refractivity contribution in [2.75, 3.05) is 6.61 Å². The predicted molar refractivity (Wildman–Crippen MR) is 58.8 cm³/mol. The van der Waals surface area contributed by atoms with Crippen LogP contribution in [0.3, 0.4) is 0 Å². The lowest BCUT2D eigenvalue weighted by Gasteiger charge is -2.06. The number of carboxylic acid groups (broad SMARTS) is 1. The van der Waals surface area contributed by atoms with Gasteiger partial charge in [0.15, 0.2) is 5.69 Å². The monoisotopic (exact) mass is 269 g/mol. The maximum Gasteiger partial charge on any atom is 0.358 e. The number of nitrogens with zero attached hydrogens (tertiary/aromatic N) is 3. The molecule has 1 heterocycles. The first-order valence-corrected chi connectivity index (χ1v) is 5.27. The number of halogens is 2. The Bertz CT molecular complexity index is 580. The Morgan fingerprint density at radius 3 is 2.58 bits per heavy atom. The fourth-order valence-electron chi connectivity index (χ4n) is 1.37. The molecule has 0 fully saturated rings. The van der Waals surface area contributed by atoms with Crippen molar-refractivity contribution in [3.05, 3.63) is 41.7 Å². The molecule has 0 aliphatic rings. The molecule has 0 spiro atoms. The number of benzene rings is 1. The van der Waals surface area contributed by atoms with E-state index in [9.17, 15) is 13.6 Å². The molecule has 2 aromatic rings. The molecule has 0 aliphatic carbocycles. The van der Waals surface area contributed by atoms with Gasteiger partial charge in [-0.25, -0.2) is 18.3 Å². The molecule has 100 valence electrons. The summed E-state index contributed by atoms with van der Waals surface area (Å²) in [4.78, 5) is 10.6. The first kappa shape index (κ1) is 12.9. The number of carboxylic acids is 1. The summed E-state index contributed by atoms with van der Waals surface area (Å²) in [5, 5.41) is 15.6. The highest BCUT2D eigenvalue weighted by atomic mass is 19.1. The number of rotatable bonds is 5. The molecule has 0 radical (unpaired) electrons. The summed E-state index contributed by atoms with van der Waals surface area (Å²) >= 11 is 0. The average molecular weight is 269 g/mol. The number of hydrogen-bond acceptors (Lipinski definition) is 4. The number of carbonyl (C=O) groups is 1. The third kappa shape index (κ3) is 3.47. The third-order valence-corrected chi connectivity index (χ3v) is 2.18. The summed E-state index contributed by atoms with van der Waals surface area (Å²) in [6.07, 6.45) is 1.23. The van der Waals surface area contributed by atoms with E-state index in [0.717, 1.165) is 18.2 Å². The summed E-state index contributed by atoms with van der Waals surface area (Å²) < 4.78 is 32.1. The second kappa shape index (κ2) is 5.42. The summed E-state index contributed by atoms with van der Waals surface area (Å²) in [6, 6.07) is 2.84. The average Bonchev–Trinajstić information content (AvgIpc) is 2.76. The van der Waals surface area contributed by atoms with Gasteiger partial charge in [-0.1, -0.05) is 5.21 Å². The van der Waals surface area contributed by atoms with E-state index in [1.807, 2.05) is 0 Å². The van der Waals surface area contributed by atoms with E-state index < -0.39 is 17.6 Å². The maximum atomic E-state index is 12.9. The lowest BCUT2D eigenvalue weighted by molar-refractivity contribution is 0.0690. The van der Waals surface area contributed by atoms with E-state index >= 15 is 0 Å². The number of aromatic carboxylic acids is 1. The molecule has 1 N–H and O–H groups in total. The number of hydrogen-bond donors (Lipinski definition) is 1. The Hall–Kier alpha value is -2.51. The fraction of sp³-hybridized carbons (Fsp3) is 0.182. The molecule has 19 heavy (non-hydrogen) atoms. The van der Waals surface area contributed by atoms with Crippen molar-refractivity contribution < 1.29 is 23.4 Å². The summed E-state index contributed by atoms with van der Waals surface area (Å²) in [5.74, 6) is -2.59. The van der Waals surface area contributed by atoms with Gasteiger partial charge in [-0.15, -0.1) is 5.10 Å². The molecule has 0 saturated carbocycles. The Morgan fingerprint density at radius 1 is 1.32 bits per heavy atom. The molecule has 0 saturated heterocycles. The van der Waals surface area contributed by atoms with E-state index in [1.54, 1.807) is 0 Å². The zero-order valence-electron chi connectivity index (χ0n) is 9.58. The van der Waals surface area contributed by atoms with Gasteiger partial charge in [-0.2, -0.15) is 0 Å². The standard InChI is InChI=1S/C11H9F2N3O3/c12-7-3-8(13)5-9(4-7)19-2-1-16-6-10(11(17)18)14-15-16/h3-6H,1-2H2,(H,17,18). The van der Waals surface area contributed by atoms with Gasteiger partial charge in [-0.05, 0) is 0 Å². The van der Waals surface area contributed by atoms with E-state index in [-0.39, 0.29) is 24.6 Å². The van der Waals surface area contributed by atoms with Crippen molar-refractivity contribution in [2.24, 2.45) is 0 Å². The molecule has 0 bridgehead atoms. The van der Waals surface area contributed by atoms with Gasteiger partial charge in [0, 0.05) is 18.2 Å². The predicted octanol–water partition coefficient (Wildman–Crippen LogP) is 1.33. The Balaban J connectivity index is 1.90. The molecular formula is C11H9F2N3O3. The van der Waals surface area contributed by atoms with Crippen LogP contribution in [0.25, 0.3) is 0 Å². The molecule has 6 nitrogen and oxygen atoms in total. The van der Waals surface area contributed by atoms with E-state index in [0.29, 0.717) is 0 Å². The van der Waals surface area contributed by atoms with Crippen molar-refractivity contribution >= 4 is 5.97 Å². The molecule has 1 aromatic heterocycles. The summed E-state index contributed by atoms with van der Waals surface area (Å²) in [6.45, 7) is 0.281. The van der Waals surface area contributed by atoms with Gasteiger partial charge in [0.1, 0.15) is 24.0 Å². The van der Waals surface area contributed by atoms with Crippen LogP contribution in [0.15, 0.2) is 24.4 Å². The van der Waals surface area contributed by atoms with Crippen LogP contribution in [-0.2, 0) is 6.54 Å². The second-order valence-electron chi connectivity index (χ2n) is 3.63. The minimum atomic E-state index is -1.18. The Morgan fingerprint density at radius 2 is 2.00 bits per heavy atom. The third-order valence-electron chi connectivity index (χ3n) is 2.18. The molecule has 8 heteroatoms. The first-order valence-electron chi connectivity index (χ1n) is 5.27. The van der Waals surface area contributed by atoms with Crippen molar-refractivity contribution in [1.29, 1.82) is 0 Å². The zero-order valence-corrected chi connectivity index (χ0v) is 9.58.